The highest BCUT2D eigenvalue weighted by molar-refractivity contribution is 5.93. The molecule has 1 saturated heterocycles. The molecule has 2 aromatic heterocycles. The van der Waals surface area contributed by atoms with E-state index >= 15 is 0 Å². The van der Waals surface area contributed by atoms with Gasteiger partial charge in [0, 0.05) is 31.2 Å². The maximum Gasteiger partial charge on any atom is 0.272 e. The van der Waals surface area contributed by atoms with Crippen LogP contribution in [0.15, 0.2) is 42.7 Å². The highest BCUT2D eigenvalue weighted by atomic mass is 16.2. The van der Waals surface area contributed by atoms with E-state index in [1.807, 2.05) is 36.2 Å². The number of aromatic nitrogens is 2. The summed E-state index contributed by atoms with van der Waals surface area (Å²) in [6.45, 7) is 3.72. The number of fused-ring (bicyclic) bond motifs is 1. The molecule has 2 fully saturated rings. The monoisotopic (exact) mass is 335 g/mol. The third kappa shape index (κ3) is 3.30. The lowest BCUT2D eigenvalue weighted by atomic mass is 9.72. The first-order valence-corrected chi connectivity index (χ1v) is 9.33. The molecule has 0 spiro atoms. The molecule has 0 N–H and O–H groups in total. The van der Waals surface area contributed by atoms with Crippen molar-refractivity contribution < 1.29 is 4.79 Å². The summed E-state index contributed by atoms with van der Waals surface area (Å²) in [6, 6.07) is 10.0. The number of amides is 1. The van der Waals surface area contributed by atoms with Crippen LogP contribution in [0, 0.1) is 24.7 Å². The molecule has 0 aromatic carbocycles. The first-order valence-electron chi connectivity index (χ1n) is 9.33. The molecule has 4 heteroatoms. The Morgan fingerprint density at radius 2 is 2.00 bits per heavy atom. The van der Waals surface area contributed by atoms with Crippen LogP contribution in [0.25, 0.3) is 0 Å². The fourth-order valence-electron chi connectivity index (χ4n) is 4.66. The molecule has 1 aliphatic carbocycles. The molecule has 130 valence electrons. The third-order valence-corrected chi connectivity index (χ3v) is 5.94. The van der Waals surface area contributed by atoms with Crippen LogP contribution >= 0.6 is 0 Å². The summed E-state index contributed by atoms with van der Waals surface area (Å²) in [5, 5.41) is 0. The summed E-state index contributed by atoms with van der Waals surface area (Å²) in [6.07, 6.45) is 8.39. The van der Waals surface area contributed by atoms with E-state index in [2.05, 4.69) is 22.1 Å². The van der Waals surface area contributed by atoms with Crippen LogP contribution < -0.4 is 0 Å². The first-order chi connectivity index (χ1) is 12.2. The molecule has 25 heavy (non-hydrogen) atoms. The van der Waals surface area contributed by atoms with Crippen molar-refractivity contribution in [1.29, 1.82) is 0 Å². The zero-order valence-electron chi connectivity index (χ0n) is 14.8. The summed E-state index contributed by atoms with van der Waals surface area (Å²) in [5.41, 5.74) is 2.76. The van der Waals surface area contributed by atoms with Crippen molar-refractivity contribution >= 4 is 5.91 Å². The maximum absolute atomic E-state index is 12.9. The molecule has 2 aromatic rings. The van der Waals surface area contributed by atoms with Crippen LogP contribution in [0.4, 0.5) is 0 Å². The van der Waals surface area contributed by atoms with Gasteiger partial charge in [0.25, 0.3) is 5.91 Å². The molecule has 1 aliphatic heterocycles. The summed E-state index contributed by atoms with van der Waals surface area (Å²) >= 11 is 0. The molecule has 3 atom stereocenters. The number of aryl methyl sites for hydroxylation is 1. The number of rotatable bonds is 3. The van der Waals surface area contributed by atoms with Crippen molar-refractivity contribution in [3.05, 3.63) is 59.7 Å². The van der Waals surface area contributed by atoms with Crippen molar-refractivity contribution in [3.63, 3.8) is 0 Å². The van der Waals surface area contributed by atoms with Gasteiger partial charge < -0.3 is 4.90 Å². The second kappa shape index (κ2) is 6.95. The summed E-state index contributed by atoms with van der Waals surface area (Å²) < 4.78 is 0. The quantitative estimate of drug-likeness (QED) is 0.862. The zero-order chi connectivity index (χ0) is 17.2. The molecule has 3 heterocycles. The second-order valence-corrected chi connectivity index (χ2v) is 7.52. The Morgan fingerprint density at radius 3 is 2.80 bits per heavy atom. The van der Waals surface area contributed by atoms with Gasteiger partial charge in [0.05, 0.1) is 0 Å². The van der Waals surface area contributed by atoms with Gasteiger partial charge in [-0.15, -0.1) is 0 Å². The number of hydrogen-bond acceptors (Lipinski definition) is 3. The number of pyridine rings is 2. The van der Waals surface area contributed by atoms with E-state index in [-0.39, 0.29) is 5.91 Å². The van der Waals surface area contributed by atoms with Crippen LogP contribution in [-0.2, 0) is 6.42 Å². The fraction of sp³-hybridized carbons (Fsp3) is 0.476. The van der Waals surface area contributed by atoms with Crippen LogP contribution in [-0.4, -0.2) is 33.9 Å². The van der Waals surface area contributed by atoms with Crippen LogP contribution in [0.1, 0.15) is 41.0 Å². The second-order valence-electron chi connectivity index (χ2n) is 7.52. The van der Waals surface area contributed by atoms with E-state index in [1.165, 1.54) is 25.0 Å². The van der Waals surface area contributed by atoms with E-state index in [0.717, 1.165) is 25.1 Å². The molecule has 4 nitrogen and oxygen atoms in total. The molecule has 1 saturated carbocycles. The number of carbonyl (C=O) groups is 1. The average molecular weight is 335 g/mol. The van der Waals surface area contributed by atoms with Gasteiger partial charge in [-0.05, 0) is 67.7 Å². The van der Waals surface area contributed by atoms with Crippen molar-refractivity contribution in [1.82, 2.24) is 14.9 Å². The van der Waals surface area contributed by atoms with E-state index in [0.29, 0.717) is 23.4 Å². The van der Waals surface area contributed by atoms with E-state index < -0.39 is 0 Å². The van der Waals surface area contributed by atoms with Crippen molar-refractivity contribution in [2.24, 2.45) is 17.8 Å². The lowest BCUT2D eigenvalue weighted by Gasteiger charge is -2.32. The lowest BCUT2D eigenvalue weighted by molar-refractivity contribution is 0.0775. The maximum atomic E-state index is 12.9. The third-order valence-electron chi connectivity index (χ3n) is 5.94. The Kier molecular flexibility index (Phi) is 4.51. The van der Waals surface area contributed by atoms with Crippen molar-refractivity contribution in [3.8, 4) is 0 Å². The SMILES string of the molecule is Cc1cccnc1C(=O)N1C[C@H]2CCC[C@H](Cc3ccccn3)[C@H]2C1. The van der Waals surface area contributed by atoms with Gasteiger partial charge in [-0.2, -0.15) is 0 Å². The van der Waals surface area contributed by atoms with E-state index in [4.69, 9.17) is 0 Å². The van der Waals surface area contributed by atoms with Gasteiger partial charge in [-0.25, -0.2) is 0 Å². The molecule has 4 rings (SSSR count). The van der Waals surface area contributed by atoms with Gasteiger partial charge in [0.1, 0.15) is 5.69 Å². The van der Waals surface area contributed by atoms with Crippen molar-refractivity contribution in [2.45, 2.75) is 32.6 Å². The lowest BCUT2D eigenvalue weighted by Crippen LogP contribution is -2.31. The summed E-state index contributed by atoms with van der Waals surface area (Å²) in [5.74, 6) is 1.97. The molecular formula is C21H25N3O. The molecule has 0 unspecified atom stereocenters. The first kappa shape index (κ1) is 16.2. The molecule has 0 bridgehead atoms. The molecule has 0 radical (unpaired) electrons. The summed E-state index contributed by atoms with van der Waals surface area (Å²) in [7, 11) is 0. The minimum Gasteiger partial charge on any atom is -0.337 e. The molecule has 2 aliphatic rings. The molecule has 1 amide bonds. The highest BCUT2D eigenvalue weighted by Gasteiger charge is 2.42. The number of likely N-dealkylation sites (tertiary alicyclic amines) is 1. The number of carbonyl (C=O) groups excluding carboxylic acids is 1. The van der Waals surface area contributed by atoms with Gasteiger partial charge in [-0.3, -0.25) is 14.8 Å². The van der Waals surface area contributed by atoms with E-state index in [1.54, 1.807) is 6.20 Å². The zero-order valence-corrected chi connectivity index (χ0v) is 14.8. The fourth-order valence-corrected chi connectivity index (χ4v) is 4.66. The minimum absolute atomic E-state index is 0.101. The van der Waals surface area contributed by atoms with Crippen LogP contribution in [0.2, 0.25) is 0 Å². The largest absolute Gasteiger partial charge is 0.337 e. The van der Waals surface area contributed by atoms with Crippen LogP contribution in [0.3, 0.4) is 0 Å². The van der Waals surface area contributed by atoms with Gasteiger partial charge in [-0.1, -0.05) is 18.6 Å². The Hall–Kier alpha value is -2.23. The number of nitrogens with zero attached hydrogens (tertiary/aromatic N) is 3. The number of hydrogen-bond donors (Lipinski definition) is 0. The summed E-state index contributed by atoms with van der Waals surface area (Å²) in [4.78, 5) is 23.8. The Labute approximate surface area is 149 Å². The average Bonchev–Trinajstić information content (AvgIpc) is 3.08. The normalized spacial score (nSPS) is 25.6. The van der Waals surface area contributed by atoms with Gasteiger partial charge in [0.2, 0.25) is 0 Å². The Bertz CT molecular complexity index is 746. The topological polar surface area (TPSA) is 46.1 Å². The van der Waals surface area contributed by atoms with Crippen molar-refractivity contribution in [2.75, 3.05) is 13.1 Å². The van der Waals surface area contributed by atoms with Gasteiger partial charge >= 0.3 is 0 Å². The highest BCUT2D eigenvalue weighted by Crippen LogP contribution is 2.41. The predicted molar refractivity (Wildman–Crippen MR) is 97.1 cm³/mol. The van der Waals surface area contributed by atoms with Gasteiger partial charge in [0.15, 0.2) is 0 Å². The minimum atomic E-state index is 0.101. The van der Waals surface area contributed by atoms with Crippen LogP contribution in [0.5, 0.6) is 0 Å². The Balaban J connectivity index is 1.49. The molecular weight excluding hydrogens is 310 g/mol. The van der Waals surface area contributed by atoms with E-state index in [9.17, 15) is 4.79 Å². The standard InChI is InChI=1S/C21H25N3O/c1-15-6-5-11-23-20(15)21(25)24-13-17-8-4-7-16(19(17)14-24)12-18-9-2-3-10-22-18/h2-3,5-6,9-11,16-17,19H,4,7-8,12-14H2,1H3/t16-,17-,19-/m1/s1. The smallest absolute Gasteiger partial charge is 0.272 e. The Morgan fingerprint density at radius 1 is 1.12 bits per heavy atom. The predicted octanol–water partition coefficient (Wildman–Crippen LogP) is 3.52.